The van der Waals surface area contributed by atoms with Gasteiger partial charge in [-0.2, -0.15) is 0 Å². The summed E-state index contributed by atoms with van der Waals surface area (Å²) in [7, 11) is 0. The molecule has 3 heteroatoms. The van der Waals surface area contributed by atoms with Crippen LogP contribution in [-0.4, -0.2) is 11.5 Å². The number of para-hydroxylation sites is 1. The summed E-state index contributed by atoms with van der Waals surface area (Å²) in [6.07, 6.45) is 5.33. The van der Waals surface area contributed by atoms with E-state index in [2.05, 4.69) is 10.3 Å². The topological polar surface area (TPSA) is 34.1 Å². The summed E-state index contributed by atoms with van der Waals surface area (Å²) < 4.78 is 5.40. The fraction of sp³-hybridized carbons (Fsp3) is 0.0714. The number of rotatable bonds is 5. The largest absolute Gasteiger partial charge is 0.465 e. The van der Waals surface area contributed by atoms with Crippen LogP contribution in [0.5, 0.6) is 5.75 Å². The predicted molar refractivity (Wildman–Crippen MR) is 68.9 cm³/mol. The maximum absolute atomic E-state index is 5.40. The van der Waals surface area contributed by atoms with Crippen molar-refractivity contribution in [3.05, 3.63) is 67.1 Å². The minimum atomic E-state index is 0.684. The smallest absolute Gasteiger partial charge is 0.126 e. The van der Waals surface area contributed by atoms with E-state index in [0.29, 0.717) is 6.54 Å². The zero-order valence-electron chi connectivity index (χ0n) is 9.41. The van der Waals surface area contributed by atoms with Crippen LogP contribution < -0.4 is 10.1 Å². The third-order valence-electron chi connectivity index (χ3n) is 2.11. The second-order valence-electron chi connectivity index (χ2n) is 3.40. The summed E-state index contributed by atoms with van der Waals surface area (Å²) in [4.78, 5) is 4.15. The van der Waals surface area contributed by atoms with Gasteiger partial charge in [-0.05, 0) is 30.3 Å². The molecule has 0 aliphatic rings. The van der Waals surface area contributed by atoms with Crippen molar-refractivity contribution in [3.8, 4) is 5.75 Å². The first-order valence-electron chi connectivity index (χ1n) is 5.47. The molecule has 0 aliphatic carbocycles. The van der Waals surface area contributed by atoms with Crippen molar-refractivity contribution >= 4 is 5.82 Å². The van der Waals surface area contributed by atoms with Crippen molar-refractivity contribution in [1.82, 2.24) is 4.98 Å². The van der Waals surface area contributed by atoms with Gasteiger partial charge < -0.3 is 10.1 Å². The molecule has 1 heterocycles. The average Bonchev–Trinajstić information content (AvgIpc) is 2.41. The normalized spacial score (nSPS) is 10.4. The Labute approximate surface area is 101 Å². The SMILES string of the molecule is C(=COc1ccccc1)CNc1ccccn1. The lowest BCUT2D eigenvalue weighted by Gasteiger charge is -2.01. The number of benzene rings is 1. The number of aromatic nitrogens is 1. The van der Waals surface area contributed by atoms with E-state index in [9.17, 15) is 0 Å². The van der Waals surface area contributed by atoms with E-state index in [1.54, 1.807) is 12.5 Å². The molecule has 3 nitrogen and oxygen atoms in total. The summed E-state index contributed by atoms with van der Waals surface area (Å²) in [6, 6.07) is 15.4. The summed E-state index contributed by atoms with van der Waals surface area (Å²) in [5.74, 6) is 1.69. The molecule has 0 radical (unpaired) electrons. The van der Waals surface area contributed by atoms with Gasteiger partial charge in [-0.25, -0.2) is 4.98 Å². The van der Waals surface area contributed by atoms with E-state index in [1.807, 2.05) is 54.6 Å². The molecule has 2 aromatic rings. The molecule has 0 bridgehead atoms. The van der Waals surface area contributed by atoms with E-state index in [4.69, 9.17) is 4.74 Å². The van der Waals surface area contributed by atoms with Crippen molar-refractivity contribution in [3.63, 3.8) is 0 Å². The van der Waals surface area contributed by atoms with Gasteiger partial charge in [0.05, 0.1) is 6.26 Å². The highest BCUT2D eigenvalue weighted by Crippen LogP contribution is 2.08. The van der Waals surface area contributed by atoms with Crippen LogP contribution in [-0.2, 0) is 0 Å². The molecule has 17 heavy (non-hydrogen) atoms. The Kier molecular flexibility index (Phi) is 4.17. The van der Waals surface area contributed by atoms with Gasteiger partial charge in [0.2, 0.25) is 0 Å². The Morgan fingerprint density at radius 1 is 1.06 bits per heavy atom. The van der Waals surface area contributed by atoms with E-state index in [1.165, 1.54) is 0 Å². The Hall–Kier alpha value is -2.29. The van der Waals surface area contributed by atoms with Gasteiger partial charge in [-0.15, -0.1) is 0 Å². The molecule has 0 saturated heterocycles. The number of nitrogens with one attached hydrogen (secondary N) is 1. The highest BCUT2D eigenvalue weighted by molar-refractivity contribution is 5.33. The molecule has 0 spiro atoms. The van der Waals surface area contributed by atoms with Crippen LogP contribution in [0.1, 0.15) is 0 Å². The predicted octanol–water partition coefficient (Wildman–Crippen LogP) is 3.09. The average molecular weight is 226 g/mol. The molecule has 1 aromatic heterocycles. The zero-order valence-corrected chi connectivity index (χ0v) is 9.41. The lowest BCUT2D eigenvalue weighted by molar-refractivity contribution is 0.480. The van der Waals surface area contributed by atoms with Crippen molar-refractivity contribution in [2.75, 3.05) is 11.9 Å². The fourth-order valence-electron chi connectivity index (χ4n) is 1.30. The molecule has 0 unspecified atom stereocenters. The number of pyridine rings is 1. The van der Waals surface area contributed by atoms with E-state index in [-0.39, 0.29) is 0 Å². The van der Waals surface area contributed by atoms with Gasteiger partial charge in [0.15, 0.2) is 0 Å². The maximum atomic E-state index is 5.40. The standard InChI is InChI=1S/C14H14N2O/c1-2-7-13(8-3-1)17-12-6-11-16-14-9-4-5-10-15-14/h1-10,12H,11H2,(H,15,16). The first-order valence-corrected chi connectivity index (χ1v) is 5.47. The van der Waals surface area contributed by atoms with Gasteiger partial charge in [0.25, 0.3) is 0 Å². The Bertz CT molecular complexity index is 454. The number of ether oxygens (including phenoxy) is 1. The highest BCUT2D eigenvalue weighted by Gasteiger charge is 1.88. The fourth-order valence-corrected chi connectivity index (χ4v) is 1.30. The van der Waals surface area contributed by atoms with Crippen molar-refractivity contribution < 1.29 is 4.74 Å². The molecule has 0 aliphatic heterocycles. The van der Waals surface area contributed by atoms with Crippen LogP contribution in [0.3, 0.4) is 0 Å². The molecule has 0 fully saturated rings. The Balaban J connectivity index is 1.72. The molecule has 2 rings (SSSR count). The van der Waals surface area contributed by atoms with E-state index in [0.717, 1.165) is 11.6 Å². The molecule has 0 amide bonds. The second-order valence-corrected chi connectivity index (χ2v) is 3.40. The van der Waals surface area contributed by atoms with Crippen LogP contribution in [0.2, 0.25) is 0 Å². The van der Waals surface area contributed by atoms with E-state index >= 15 is 0 Å². The summed E-state index contributed by atoms with van der Waals surface area (Å²) in [5, 5.41) is 3.15. The third kappa shape index (κ3) is 3.99. The van der Waals surface area contributed by atoms with Crippen LogP contribution in [0.25, 0.3) is 0 Å². The molecule has 86 valence electrons. The molecular formula is C14H14N2O. The van der Waals surface area contributed by atoms with Gasteiger partial charge in [-0.3, -0.25) is 0 Å². The molecule has 0 saturated carbocycles. The minimum absolute atomic E-state index is 0.684. The Morgan fingerprint density at radius 2 is 1.88 bits per heavy atom. The monoisotopic (exact) mass is 226 g/mol. The number of hydrogen-bond donors (Lipinski definition) is 1. The zero-order chi connectivity index (χ0) is 11.8. The van der Waals surface area contributed by atoms with Crippen LogP contribution in [0, 0.1) is 0 Å². The summed E-state index contributed by atoms with van der Waals surface area (Å²) >= 11 is 0. The lowest BCUT2D eigenvalue weighted by atomic mass is 10.3. The molecule has 1 N–H and O–H groups in total. The molecule has 1 aromatic carbocycles. The van der Waals surface area contributed by atoms with Crippen molar-refractivity contribution in [2.24, 2.45) is 0 Å². The summed E-state index contributed by atoms with van der Waals surface area (Å²) in [6.45, 7) is 0.684. The first-order chi connectivity index (χ1) is 8.45. The van der Waals surface area contributed by atoms with Crippen LogP contribution >= 0.6 is 0 Å². The van der Waals surface area contributed by atoms with Gasteiger partial charge in [0, 0.05) is 12.7 Å². The van der Waals surface area contributed by atoms with Gasteiger partial charge in [-0.1, -0.05) is 24.3 Å². The summed E-state index contributed by atoms with van der Waals surface area (Å²) in [5.41, 5.74) is 0. The van der Waals surface area contributed by atoms with Gasteiger partial charge >= 0.3 is 0 Å². The molecular weight excluding hydrogens is 212 g/mol. The first kappa shape index (κ1) is 11.2. The van der Waals surface area contributed by atoms with Crippen molar-refractivity contribution in [2.45, 2.75) is 0 Å². The maximum Gasteiger partial charge on any atom is 0.126 e. The lowest BCUT2D eigenvalue weighted by Crippen LogP contribution is -2.00. The quantitative estimate of drug-likeness (QED) is 0.795. The Morgan fingerprint density at radius 3 is 2.65 bits per heavy atom. The minimum Gasteiger partial charge on any atom is -0.465 e. The number of anilines is 1. The van der Waals surface area contributed by atoms with Gasteiger partial charge in [0.1, 0.15) is 11.6 Å². The third-order valence-corrected chi connectivity index (χ3v) is 2.11. The van der Waals surface area contributed by atoms with Crippen LogP contribution in [0.4, 0.5) is 5.82 Å². The van der Waals surface area contributed by atoms with Crippen LogP contribution in [0.15, 0.2) is 67.1 Å². The molecule has 0 atom stereocenters. The second kappa shape index (κ2) is 6.33. The number of nitrogens with zero attached hydrogens (tertiary/aromatic N) is 1. The van der Waals surface area contributed by atoms with E-state index < -0.39 is 0 Å². The highest BCUT2D eigenvalue weighted by atomic mass is 16.5. The number of hydrogen-bond acceptors (Lipinski definition) is 3. The van der Waals surface area contributed by atoms with Crippen molar-refractivity contribution in [1.29, 1.82) is 0 Å².